The summed E-state index contributed by atoms with van der Waals surface area (Å²) in [4.78, 5) is 24.9. The third-order valence-corrected chi connectivity index (χ3v) is 6.28. The molecule has 34 heavy (non-hydrogen) atoms. The number of carbonyl (C=O) groups is 2. The van der Waals surface area contributed by atoms with Crippen LogP contribution in [0.15, 0.2) is 77.9 Å². The standard InChI is InChI=1S/C25H19ClN2O5S/c1-31-17-9-11-18(12-10-17)32-15-22(29)28-27-14-16-5-4-6-19(13-16)33-25(30)24-23(26)20-7-2-3-8-21(20)34-24/h2-14H,15H2,1H3,(H,28,29). The Hall–Kier alpha value is -3.88. The van der Waals surface area contributed by atoms with Gasteiger partial charge >= 0.3 is 5.97 Å². The van der Waals surface area contributed by atoms with Crippen LogP contribution < -0.4 is 19.6 Å². The van der Waals surface area contributed by atoms with Gasteiger partial charge in [-0.3, -0.25) is 4.79 Å². The number of hydrogen-bond acceptors (Lipinski definition) is 7. The first kappa shape index (κ1) is 23.3. The molecule has 0 aliphatic rings. The zero-order valence-corrected chi connectivity index (χ0v) is 19.6. The third kappa shape index (κ3) is 5.72. The van der Waals surface area contributed by atoms with Gasteiger partial charge in [-0.05, 0) is 48.0 Å². The maximum Gasteiger partial charge on any atom is 0.355 e. The lowest BCUT2D eigenvalue weighted by molar-refractivity contribution is -0.123. The summed E-state index contributed by atoms with van der Waals surface area (Å²) in [5.74, 6) is 0.601. The fourth-order valence-electron chi connectivity index (χ4n) is 2.99. The van der Waals surface area contributed by atoms with Crippen molar-refractivity contribution in [1.82, 2.24) is 5.43 Å². The van der Waals surface area contributed by atoms with E-state index in [1.165, 1.54) is 17.6 Å². The van der Waals surface area contributed by atoms with Crippen LogP contribution in [0.25, 0.3) is 10.1 Å². The first-order valence-corrected chi connectivity index (χ1v) is 11.3. The van der Waals surface area contributed by atoms with E-state index in [0.29, 0.717) is 32.7 Å². The van der Waals surface area contributed by atoms with E-state index in [9.17, 15) is 9.59 Å². The summed E-state index contributed by atoms with van der Waals surface area (Å²) >= 11 is 7.64. The second kappa shape index (κ2) is 10.8. The number of hydrazone groups is 1. The van der Waals surface area contributed by atoms with Crippen LogP contribution in [0, 0.1) is 0 Å². The van der Waals surface area contributed by atoms with Gasteiger partial charge in [-0.1, -0.05) is 41.9 Å². The van der Waals surface area contributed by atoms with Crippen molar-refractivity contribution in [2.24, 2.45) is 5.10 Å². The Kier molecular flexibility index (Phi) is 7.41. The van der Waals surface area contributed by atoms with Crippen molar-refractivity contribution >= 4 is 51.1 Å². The van der Waals surface area contributed by atoms with E-state index in [-0.39, 0.29) is 6.61 Å². The fraction of sp³-hybridized carbons (Fsp3) is 0.0800. The Morgan fingerprint density at radius 1 is 1.00 bits per heavy atom. The average molecular weight is 495 g/mol. The average Bonchev–Trinajstić information content (AvgIpc) is 3.20. The molecule has 7 nitrogen and oxygen atoms in total. The number of nitrogens with one attached hydrogen (secondary N) is 1. The van der Waals surface area contributed by atoms with Gasteiger partial charge in [0.25, 0.3) is 5.91 Å². The van der Waals surface area contributed by atoms with Gasteiger partial charge in [0.2, 0.25) is 0 Å². The van der Waals surface area contributed by atoms with Gasteiger partial charge in [0, 0.05) is 10.1 Å². The second-order valence-corrected chi connectivity index (χ2v) is 8.39. The molecule has 4 aromatic rings. The number of rotatable bonds is 8. The number of amides is 1. The Balaban J connectivity index is 1.32. The van der Waals surface area contributed by atoms with Crippen molar-refractivity contribution in [2.75, 3.05) is 13.7 Å². The van der Waals surface area contributed by atoms with Crippen molar-refractivity contribution in [2.45, 2.75) is 0 Å². The molecule has 1 aromatic heterocycles. The largest absolute Gasteiger partial charge is 0.497 e. The van der Waals surface area contributed by atoms with Crippen molar-refractivity contribution in [3.05, 3.63) is 88.3 Å². The number of esters is 1. The summed E-state index contributed by atoms with van der Waals surface area (Å²) < 4.78 is 16.9. The lowest BCUT2D eigenvalue weighted by atomic mass is 10.2. The molecule has 0 aliphatic heterocycles. The zero-order chi connectivity index (χ0) is 23.9. The first-order chi connectivity index (χ1) is 16.5. The van der Waals surface area contributed by atoms with Crippen molar-refractivity contribution in [1.29, 1.82) is 0 Å². The third-order valence-electron chi connectivity index (χ3n) is 4.62. The highest BCUT2D eigenvalue weighted by Gasteiger charge is 2.19. The lowest BCUT2D eigenvalue weighted by Crippen LogP contribution is -2.24. The predicted molar refractivity (Wildman–Crippen MR) is 132 cm³/mol. The molecule has 1 N–H and O–H groups in total. The highest BCUT2D eigenvalue weighted by molar-refractivity contribution is 7.21. The molecule has 0 spiro atoms. The van der Waals surface area contributed by atoms with Crippen LogP contribution in [0.5, 0.6) is 17.2 Å². The SMILES string of the molecule is COc1ccc(OCC(=O)NN=Cc2cccc(OC(=O)c3sc4ccccc4c3Cl)c2)cc1. The van der Waals surface area contributed by atoms with Crippen LogP contribution in [0.4, 0.5) is 0 Å². The number of carbonyl (C=O) groups excluding carboxylic acids is 2. The number of nitrogens with zero attached hydrogens (tertiary/aromatic N) is 1. The molecule has 0 saturated heterocycles. The normalized spacial score (nSPS) is 10.9. The van der Waals surface area contributed by atoms with Crippen LogP contribution in [-0.4, -0.2) is 31.8 Å². The molecule has 0 saturated carbocycles. The fourth-order valence-corrected chi connectivity index (χ4v) is 4.37. The molecule has 0 aliphatic carbocycles. The Morgan fingerprint density at radius 2 is 1.76 bits per heavy atom. The topological polar surface area (TPSA) is 86.2 Å². The van der Waals surface area contributed by atoms with E-state index < -0.39 is 11.9 Å². The van der Waals surface area contributed by atoms with Gasteiger partial charge in [0.1, 0.15) is 22.1 Å². The first-order valence-electron chi connectivity index (χ1n) is 10.1. The molecule has 4 rings (SSSR count). The molecule has 0 unspecified atom stereocenters. The highest BCUT2D eigenvalue weighted by Crippen LogP contribution is 2.35. The number of ether oxygens (including phenoxy) is 3. The summed E-state index contributed by atoms with van der Waals surface area (Å²) in [5.41, 5.74) is 3.02. The van der Waals surface area contributed by atoms with Gasteiger partial charge in [0.15, 0.2) is 6.61 Å². The van der Waals surface area contributed by atoms with Crippen LogP contribution in [-0.2, 0) is 4.79 Å². The second-order valence-electron chi connectivity index (χ2n) is 6.96. The van der Waals surface area contributed by atoms with Crippen molar-refractivity contribution < 1.29 is 23.8 Å². The van der Waals surface area contributed by atoms with Crippen molar-refractivity contribution in [3.8, 4) is 17.2 Å². The van der Waals surface area contributed by atoms with Gasteiger partial charge in [-0.2, -0.15) is 5.10 Å². The number of methoxy groups -OCH3 is 1. The minimum absolute atomic E-state index is 0.197. The maximum absolute atomic E-state index is 12.6. The summed E-state index contributed by atoms with van der Waals surface area (Å²) in [6, 6.07) is 21.1. The molecule has 0 bridgehead atoms. The van der Waals surface area contributed by atoms with E-state index in [1.807, 2.05) is 24.3 Å². The van der Waals surface area contributed by atoms with E-state index in [0.717, 1.165) is 10.1 Å². The number of fused-ring (bicyclic) bond motifs is 1. The van der Waals surface area contributed by atoms with Crippen LogP contribution in [0.3, 0.4) is 0 Å². The molecular formula is C25H19ClN2O5S. The molecule has 3 aromatic carbocycles. The molecule has 0 radical (unpaired) electrons. The Labute approximate surface area is 204 Å². The number of hydrogen-bond donors (Lipinski definition) is 1. The molecule has 1 amide bonds. The summed E-state index contributed by atoms with van der Waals surface area (Å²) in [6.45, 7) is -0.197. The molecule has 0 atom stereocenters. The summed E-state index contributed by atoms with van der Waals surface area (Å²) in [7, 11) is 1.57. The van der Waals surface area contributed by atoms with E-state index in [4.69, 9.17) is 25.8 Å². The maximum atomic E-state index is 12.6. The minimum atomic E-state index is -0.538. The van der Waals surface area contributed by atoms with Crippen LogP contribution in [0.1, 0.15) is 15.2 Å². The summed E-state index contributed by atoms with van der Waals surface area (Å²) in [6.07, 6.45) is 1.44. The molecule has 172 valence electrons. The predicted octanol–water partition coefficient (Wildman–Crippen LogP) is 5.31. The van der Waals surface area contributed by atoms with Crippen molar-refractivity contribution in [3.63, 3.8) is 0 Å². The smallest absolute Gasteiger partial charge is 0.355 e. The van der Waals surface area contributed by atoms with Gasteiger partial charge in [0.05, 0.1) is 18.3 Å². The lowest BCUT2D eigenvalue weighted by Gasteiger charge is -2.06. The van der Waals surface area contributed by atoms with Gasteiger partial charge in [-0.15, -0.1) is 11.3 Å². The number of thiophene rings is 1. The minimum Gasteiger partial charge on any atom is -0.497 e. The molecular weight excluding hydrogens is 476 g/mol. The zero-order valence-electron chi connectivity index (χ0n) is 18.0. The quantitative estimate of drug-likeness (QED) is 0.155. The monoisotopic (exact) mass is 494 g/mol. The van der Waals surface area contributed by atoms with E-state index in [1.54, 1.807) is 55.6 Å². The highest BCUT2D eigenvalue weighted by atomic mass is 35.5. The van der Waals surface area contributed by atoms with Gasteiger partial charge < -0.3 is 14.2 Å². The number of benzene rings is 3. The molecule has 9 heteroatoms. The molecule has 1 heterocycles. The number of halogens is 1. The van der Waals surface area contributed by atoms with E-state index >= 15 is 0 Å². The van der Waals surface area contributed by atoms with Crippen LogP contribution >= 0.6 is 22.9 Å². The van der Waals surface area contributed by atoms with E-state index in [2.05, 4.69) is 10.5 Å². The molecule has 0 fully saturated rings. The summed E-state index contributed by atoms with van der Waals surface area (Å²) in [5, 5.41) is 5.11. The Bertz CT molecular complexity index is 1350. The van der Waals surface area contributed by atoms with Crippen LogP contribution in [0.2, 0.25) is 5.02 Å². The Morgan fingerprint density at radius 3 is 2.53 bits per heavy atom. The van der Waals surface area contributed by atoms with Gasteiger partial charge in [-0.25, -0.2) is 10.2 Å².